The molecule has 134 valence electrons. The summed E-state index contributed by atoms with van der Waals surface area (Å²) in [6.45, 7) is 0.753. The molecule has 1 aliphatic carbocycles. The topological polar surface area (TPSA) is 64.6 Å². The highest BCUT2D eigenvalue weighted by Crippen LogP contribution is 2.23. The van der Waals surface area contributed by atoms with Crippen LogP contribution >= 0.6 is 0 Å². The molecule has 0 spiro atoms. The highest BCUT2D eigenvalue weighted by Gasteiger charge is 2.26. The molecule has 0 bridgehead atoms. The average molecular weight is 333 g/mol. The lowest BCUT2D eigenvalue weighted by Crippen LogP contribution is -2.50. The first-order valence-corrected chi connectivity index (χ1v) is 8.95. The van der Waals surface area contributed by atoms with Crippen LogP contribution in [0.3, 0.4) is 0 Å². The van der Waals surface area contributed by atoms with E-state index < -0.39 is 0 Å². The van der Waals surface area contributed by atoms with Gasteiger partial charge in [0, 0.05) is 31.2 Å². The van der Waals surface area contributed by atoms with E-state index in [0.717, 1.165) is 32.1 Å². The van der Waals surface area contributed by atoms with Gasteiger partial charge in [-0.1, -0.05) is 43.2 Å². The smallest absolute Gasteiger partial charge is 0.315 e. The van der Waals surface area contributed by atoms with Gasteiger partial charge in [-0.3, -0.25) is 0 Å². The van der Waals surface area contributed by atoms with Gasteiger partial charge in [0.25, 0.3) is 0 Å². The number of carbonyl (C=O) groups is 1. The van der Waals surface area contributed by atoms with Crippen LogP contribution in [0, 0.1) is 5.92 Å². The largest absolute Gasteiger partial charge is 0.396 e. The molecule has 0 radical (unpaired) electrons. The molecular formula is C19H31N3O2. The number of amides is 2. The Labute approximate surface area is 145 Å². The second-order valence-electron chi connectivity index (χ2n) is 7.00. The van der Waals surface area contributed by atoms with Crippen LogP contribution in [0.2, 0.25) is 0 Å². The van der Waals surface area contributed by atoms with Crippen molar-refractivity contribution in [1.29, 1.82) is 0 Å². The summed E-state index contributed by atoms with van der Waals surface area (Å²) in [6.07, 6.45) is 5.12. The third kappa shape index (κ3) is 5.80. The summed E-state index contributed by atoms with van der Waals surface area (Å²) in [7, 11) is 4.08. The molecule has 2 rings (SSSR count). The Balaban J connectivity index is 1.81. The summed E-state index contributed by atoms with van der Waals surface area (Å²) < 4.78 is 0. The van der Waals surface area contributed by atoms with Crippen LogP contribution in [0.25, 0.3) is 0 Å². The molecular weight excluding hydrogens is 302 g/mol. The minimum atomic E-state index is -0.125. The van der Waals surface area contributed by atoms with E-state index in [4.69, 9.17) is 0 Å². The summed E-state index contributed by atoms with van der Waals surface area (Å²) in [5.74, 6) is 0.193. The van der Waals surface area contributed by atoms with E-state index in [9.17, 15) is 9.90 Å². The van der Waals surface area contributed by atoms with Gasteiger partial charge in [0.2, 0.25) is 0 Å². The predicted octanol–water partition coefficient (Wildman–Crippen LogP) is 2.01. The van der Waals surface area contributed by atoms with Crippen molar-refractivity contribution in [2.75, 3.05) is 27.2 Å². The molecule has 5 nitrogen and oxygen atoms in total. The molecule has 0 aromatic heterocycles. The van der Waals surface area contributed by atoms with E-state index in [1.807, 2.05) is 32.3 Å². The van der Waals surface area contributed by atoms with Gasteiger partial charge < -0.3 is 20.6 Å². The van der Waals surface area contributed by atoms with E-state index in [1.54, 1.807) is 0 Å². The lowest BCUT2D eigenvalue weighted by molar-refractivity contribution is 0.153. The fraction of sp³-hybridized carbons (Fsp3) is 0.632. The van der Waals surface area contributed by atoms with Crippen molar-refractivity contribution in [3.8, 4) is 0 Å². The van der Waals surface area contributed by atoms with E-state index in [0.29, 0.717) is 6.54 Å². The third-order valence-corrected chi connectivity index (χ3v) is 5.00. The van der Waals surface area contributed by atoms with E-state index in [2.05, 4.69) is 27.7 Å². The van der Waals surface area contributed by atoms with Crippen molar-refractivity contribution in [2.45, 2.75) is 44.2 Å². The maximum atomic E-state index is 12.2. The zero-order chi connectivity index (χ0) is 17.4. The van der Waals surface area contributed by atoms with Gasteiger partial charge in [-0.2, -0.15) is 0 Å². The SMILES string of the molecule is CN(C)C(CNC(=O)NC1CCCCC1CO)Cc1ccccc1. The van der Waals surface area contributed by atoms with Crippen molar-refractivity contribution in [3.05, 3.63) is 35.9 Å². The summed E-state index contributed by atoms with van der Waals surface area (Å²) in [6, 6.07) is 10.5. The Morgan fingerprint density at radius 2 is 1.96 bits per heavy atom. The quantitative estimate of drug-likeness (QED) is 0.715. The number of hydrogen-bond acceptors (Lipinski definition) is 3. The van der Waals surface area contributed by atoms with Crippen molar-refractivity contribution >= 4 is 6.03 Å². The summed E-state index contributed by atoms with van der Waals surface area (Å²) in [4.78, 5) is 14.4. The number of urea groups is 1. The number of nitrogens with one attached hydrogen (secondary N) is 2. The van der Waals surface area contributed by atoms with Crippen LogP contribution in [0.5, 0.6) is 0 Å². The van der Waals surface area contributed by atoms with Gasteiger partial charge >= 0.3 is 6.03 Å². The van der Waals surface area contributed by atoms with Crippen molar-refractivity contribution in [3.63, 3.8) is 0 Å². The monoisotopic (exact) mass is 333 g/mol. The summed E-state index contributed by atoms with van der Waals surface area (Å²) in [5, 5.41) is 15.5. The molecule has 3 atom stereocenters. The molecule has 3 unspecified atom stereocenters. The Bertz CT molecular complexity index is 493. The second-order valence-corrected chi connectivity index (χ2v) is 7.00. The van der Waals surface area contributed by atoms with Crippen LogP contribution in [-0.2, 0) is 6.42 Å². The molecule has 2 amide bonds. The molecule has 1 aliphatic rings. The summed E-state index contributed by atoms with van der Waals surface area (Å²) in [5.41, 5.74) is 1.27. The van der Waals surface area contributed by atoms with Crippen LogP contribution in [0.15, 0.2) is 30.3 Å². The number of aliphatic hydroxyl groups is 1. The van der Waals surface area contributed by atoms with Gasteiger partial charge in [-0.25, -0.2) is 4.79 Å². The standard InChI is InChI=1S/C19H31N3O2/c1-22(2)17(12-15-8-4-3-5-9-15)13-20-19(24)21-18-11-7-6-10-16(18)14-23/h3-5,8-9,16-18,23H,6-7,10-14H2,1-2H3,(H2,20,21,24). The molecule has 1 fully saturated rings. The molecule has 5 heteroatoms. The van der Waals surface area contributed by atoms with E-state index in [1.165, 1.54) is 5.56 Å². The van der Waals surface area contributed by atoms with Crippen LogP contribution in [-0.4, -0.2) is 55.4 Å². The summed E-state index contributed by atoms with van der Waals surface area (Å²) >= 11 is 0. The molecule has 24 heavy (non-hydrogen) atoms. The number of benzene rings is 1. The van der Waals surface area contributed by atoms with Crippen molar-refractivity contribution < 1.29 is 9.90 Å². The molecule has 0 heterocycles. The fourth-order valence-electron chi connectivity index (χ4n) is 3.37. The number of carbonyl (C=O) groups excluding carboxylic acids is 1. The van der Waals surface area contributed by atoms with Gasteiger partial charge in [0.1, 0.15) is 0 Å². The molecule has 1 saturated carbocycles. The Morgan fingerprint density at radius 3 is 2.62 bits per heavy atom. The van der Waals surface area contributed by atoms with Crippen molar-refractivity contribution in [2.24, 2.45) is 5.92 Å². The van der Waals surface area contributed by atoms with E-state index >= 15 is 0 Å². The second kappa shape index (κ2) is 9.64. The third-order valence-electron chi connectivity index (χ3n) is 5.00. The number of rotatable bonds is 7. The van der Waals surface area contributed by atoms with Crippen LogP contribution < -0.4 is 10.6 Å². The number of nitrogens with zero attached hydrogens (tertiary/aromatic N) is 1. The molecule has 3 N–H and O–H groups in total. The van der Waals surface area contributed by atoms with Gasteiger partial charge in [0.15, 0.2) is 0 Å². The number of aliphatic hydroxyl groups excluding tert-OH is 1. The van der Waals surface area contributed by atoms with Gasteiger partial charge in [0.05, 0.1) is 0 Å². The maximum Gasteiger partial charge on any atom is 0.315 e. The molecule has 1 aromatic rings. The van der Waals surface area contributed by atoms with Crippen LogP contribution in [0.4, 0.5) is 4.79 Å². The number of hydrogen-bond donors (Lipinski definition) is 3. The normalized spacial score (nSPS) is 22.2. The van der Waals surface area contributed by atoms with E-state index in [-0.39, 0.29) is 30.6 Å². The van der Waals surface area contributed by atoms with Crippen LogP contribution in [0.1, 0.15) is 31.2 Å². The molecule has 1 aromatic carbocycles. The Morgan fingerprint density at radius 1 is 1.25 bits per heavy atom. The van der Waals surface area contributed by atoms with Gasteiger partial charge in [-0.15, -0.1) is 0 Å². The molecule has 0 saturated heterocycles. The fourth-order valence-corrected chi connectivity index (χ4v) is 3.37. The molecule has 0 aliphatic heterocycles. The lowest BCUT2D eigenvalue weighted by atomic mass is 9.85. The zero-order valence-corrected chi connectivity index (χ0v) is 14.9. The lowest BCUT2D eigenvalue weighted by Gasteiger charge is -2.31. The maximum absolute atomic E-state index is 12.2. The predicted molar refractivity (Wildman–Crippen MR) is 97.0 cm³/mol. The minimum Gasteiger partial charge on any atom is -0.396 e. The first kappa shape index (κ1) is 18.7. The van der Waals surface area contributed by atoms with Gasteiger partial charge in [-0.05, 0) is 38.9 Å². The zero-order valence-electron chi connectivity index (χ0n) is 14.9. The first-order valence-electron chi connectivity index (χ1n) is 8.95. The first-order chi connectivity index (χ1) is 11.6. The highest BCUT2D eigenvalue weighted by atomic mass is 16.3. The Hall–Kier alpha value is -1.59. The highest BCUT2D eigenvalue weighted by molar-refractivity contribution is 5.74. The average Bonchev–Trinajstić information content (AvgIpc) is 2.59. The Kier molecular flexibility index (Phi) is 7.53. The number of likely N-dealkylation sites (N-methyl/N-ethyl adjacent to an activating group) is 1. The minimum absolute atomic E-state index is 0.0932. The van der Waals surface area contributed by atoms with Crippen molar-refractivity contribution in [1.82, 2.24) is 15.5 Å².